The van der Waals surface area contributed by atoms with Gasteiger partial charge in [0.15, 0.2) is 11.6 Å². The zero-order chi connectivity index (χ0) is 15.4. The van der Waals surface area contributed by atoms with Crippen LogP contribution < -0.4 is 5.73 Å². The molecule has 0 aliphatic rings. The molecule has 5 heteroatoms. The molecule has 0 heterocycles. The maximum Gasteiger partial charge on any atom is 0.153 e. The highest BCUT2D eigenvalue weighted by atomic mass is 19.1. The van der Waals surface area contributed by atoms with Crippen molar-refractivity contribution in [3.63, 3.8) is 0 Å². The lowest BCUT2D eigenvalue weighted by Crippen LogP contribution is -2.15. The van der Waals surface area contributed by atoms with Crippen LogP contribution in [0.5, 0.6) is 0 Å². The van der Waals surface area contributed by atoms with Gasteiger partial charge >= 0.3 is 0 Å². The van der Waals surface area contributed by atoms with E-state index in [0.29, 0.717) is 5.56 Å². The number of hydrogen-bond acceptors (Lipinski definition) is 2. The van der Waals surface area contributed by atoms with Gasteiger partial charge in [0.05, 0.1) is 11.6 Å². The van der Waals surface area contributed by atoms with Crippen LogP contribution in [0.2, 0.25) is 0 Å². The standard InChI is InChI=1S/C16H13F2N3/c1-2-11-5-3-4-6-12(11)16(20)21-15-13(17)7-10(9-19)8-14(15)18/h3-8H,2H2,1H3,(H2,20,21). The minimum atomic E-state index is -0.913. The number of aliphatic imine (C=N–C) groups is 1. The third kappa shape index (κ3) is 3.06. The maximum absolute atomic E-state index is 13.8. The smallest absolute Gasteiger partial charge is 0.153 e. The molecule has 0 aliphatic heterocycles. The lowest BCUT2D eigenvalue weighted by Gasteiger charge is -2.08. The summed E-state index contributed by atoms with van der Waals surface area (Å²) in [5.74, 6) is -1.79. The van der Waals surface area contributed by atoms with Gasteiger partial charge in [0.2, 0.25) is 0 Å². The average Bonchev–Trinajstić information content (AvgIpc) is 2.50. The number of benzene rings is 2. The fraction of sp³-hybridized carbons (Fsp3) is 0.125. The molecule has 0 saturated heterocycles. The van der Waals surface area contributed by atoms with Gasteiger partial charge in [0.25, 0.3) is 0 Å². The molecule has 2 aromatic carbocycles. The van der Waals surface area contributed by atoms with E-state index in [1.165, 1.54) is 0 Å². The molecule has 0 spiro atoms. The number of amidine groups is 1. The quantitative estimate of drug-likeness (QED) is 0.693. The Morgan fingerprint density at radius 3 is 2.43 bits per heavy atom. The molecular formula is C16H13F2N3. The Morgan fingerprint density at radius 2 is 1.86 bits per heavy atom. The molecule has 0 radical (unpaired) electrons. The first kappa shape index (κ1) is 14.7. The topological polar surface area (TPSA) is 62.2 Å². The molecule has 2 N–H and O–H groups in total. The zero-order valence-corrected chi connectivity index (χ0v) is 11.4. The van der Waals surface area contributed by atoms with Gasteiger partial charge in [-0.1, -0.05) is 31.2 Å². The second kappa shape index (κ2) is 6.14. The van der Waals surface area contributed by atoms with Gasteiger partial charge in [-0.3, -0.25) is 0 Å². The molecule has 0 amide bonds. The molecule has 2 aromatic rings. The van der Waals surface area contributed by atoms with Crippen LogP contribution in [-0.4, -0.2) is 5.84 Å². The van der Waals surface area contributed by atoms with Crippen molar-refractivity contribution in [2.75, 3.05) is 0 Å². The molecule has 3 nitrogen and oxygen atoms in total. The summed E-state index contributed by atoms with van der Waals surface area (Å²) in [5, 5.41) is 8.66. The van der Waals surface area contributed by atoms with Gasteiger partial charge in [0, 0.05) is 5.56 Å². The summed E-state index contributed by atoms with van der Waals surface area (Å²) < 4.78 is 27.6. The lowest BCUT2D eigenvalue weighted by molar-refractivity contribution is 0.586. The van der Waals surface area contributed by atoms with Gasteiger partial charge in [-0.2, -0.15) is 5.26 Å². The van der Waals surface area contributed by atoms with Gasteiger partial charge in [-0.15, -0.1) is 0 Å². The Labute approximate surface area is 121 Å². The summed E-state index contributed by atoms with van der Waals surface area (Å²) in [7, 11) is 0. The van der Waals surface area contributed by atoms with Crippen LogP contribution in [0.15, 0.2) is 41.4 Å². The summed E-state index contributed by atoms with van der Waals surface area (Å²) in [6.45, 7) is 1.95. The summed E-state index contributed by atoms with van der Waals surface area (Å²) in [4.78, 5) is 3.85. The van der Waals surface area contributed by atoms with E-state index in [-0.39, 0.29) is 11.4 Å². The Hall–Kier alpha value is -2.74. The van der Waals surface area contributed by atoms with E-state index >= 15 is 0 Å². The van der Waals surface area contributed by atoms with E-state index < -0.39 is 17.3 Å². The van der Waals surface area contributed by atoms with Crippen LogP contribution in [-0.2, 0) is 6.42 Å². The van der Waals surface area contributed by atoms with Crippen molar-refractivity contribution >= 4 is 11.5 Å². The van der Waals surface area contributed by atoms with Crippen molar-refractivity contribution in [2.24, 2.45) is 10.7 Å². The first-order valence-corrected chi connectivity index (χ1v) is 6.38. The molecule has 21 heavy (non-hydrogen) atoms. The van der Waals surface area contributed by atoms with Gasteiger partial charge in [-0.25, -0.2) is 13.8 Å². The van der Waals surface area contributed by atoms with Crippen LogP contribution in [0.3, 0.4) is 0 Å². The minimum absolute atomic E-state index is 0.0370. The molecule has 0 bridgehead atoms. The van der Waals surface area contributed by atoms with Gasteiger partial charge in [0.1, 0.15) is 11.5 Å². The van der Waals surface area contributed by atoms with Crippen LogP contribution >= 0.6 is 0 Å². The van der Waals surface area contributed by atoms with Crippen molar-refractivity contribution in [1.29, 1.82) is 5.26 Å². The predicted octanol–water partition coefficient (Wildman–Crippen LogP) is 3.44. The minimum Gasteiger partial charge on any atom is -0.383 e. The molecule has 0 saturated carbocycles. The first-order chi connectivity index (χ1) is 10.1. The lowest BCUT2D eigenvalue weighted by atomic mass is 10.0. The number of halogens is 2. The predicted molar refractivity (Wildman–Crippen MR) is 77.3 cm³/mol. The molecule has 0 aliphatic carbocycles. The van der Waals surface area contributed by atoms with E-state index in [9.17, 15) is 8.78 Å². The molecule has 0 fully saturated rings. The van der Waals surface area contributed by atoms with E-state index in [1.807, 2.05) is 19.1 Å². The monoisotopic (exact) mass is 285 g/mol. The van der Waals surface area contributed by atoms with Crippen molar-refractivity contribution in [2.45, 2.75) is 13.3 Å². The van der Waals surface area contributed by atoms with Gasteiger partial charge in [-0.05, 0) is 24.1 Å². The largest absolute Gasteiger partial charge is 0.383 e. The normalized spacial score (nSPS) is 11.2. The summed E-state index contributed by atoms with van der Waals surface area (Å²) in [6.07, 6.45) is 0.727. The molecule has 106 valence electrons. The maximum atomic E-state index is 13.8. The number of hydrogen-bond donors (Lipinski definition) is 1. The number of rotatable bonds is 3. The SMILES string of the molecule is CCc1ccccc1C(N)=Nc1c(F)cc(C#N)cc1F. The third-order valence-corrected chi connectivity index (χ3v) is 3.05. The summed E-state index contributed by atoms with van der Waals surface area (Å²) >= 11 is 0. The van der Waals surface area contributed by atoms with Crippen molar-refractivity contribution < 1.29 is 8.78 Å². The Bertz CT molecular complexity index is 722. The third-order valence-electron chi connectivity index (χ3n) is 3.05. The molecule has 2 rings (SSSR count). The molecule has 0 atom stereocenters. The molecule has 0 unspecified atom stereocenters. The summed E-state index contributed by atoms with van der Waals surface area (Å²) in [5.41, 5.74) is 6.85. The second-order valence-corrected chi connectivity index (χ2v) is 4.41. The van der Waals surface area contributed by atoms with E-state index in [4.69, 9.17) is 11.0 Å². The number of aryl methyl sites for hydroxylation is 1. The summed E-state index contributed by atoms with van der Waals surface area (Å²) in [6, 6.07) is 10.8. The van der Waals surface area contributed by atoms with Crippen LogP contribution in [0.4, 0.5) is 14.5 Å². The van der Waals surface area contributed by atoms with Crippen LogP contribution in [0, 0.1) is 23.0 Å². The van der Waals surface area contributed by atoms with Crippen molar-refractivity contribution in [3.05, 3.63) is 64.7 Å². The Balaban J connectivity index is 2.51. The second-order valence-electron chi connectivity index (χ2n) is 4.41. The van der Waals surface area contributed by atoms with E-state index in [2.05, 4.69) is 4.99 Å². The van der Waals surface area contributed by atoms with Crippen molar-refractivity contribution in [3.8, 4) is 6.07 Å². The Kier molecular flexibility index (Phi) is 4.29. The zero-order valence-electron chi connectivity index (χ0n) is 11.4. The number of nitrogens with zero attached hydrogens (tertiary/aromatic N) is 2. The molecular weight excluding hydrogens is 272 g/mol. The van der Waals surface area contributed by atoms with E-state index in [1.54, 1.807) is 18.2 Å². The highest BCUT2D eigenvalue weighted by Crippen LogP contribution is 2.24. The average molecular weight is 285 g/mol. The van der Waals surface area contributed by atoms with Crippen LogP contribution in [0.25, 0.3) is 0 Å². The fourth-order valence-corrected chi connectivity index (χ4v) is 2.00. The fourth-order valence-electron chi connectivity index (χ4n) is 2.00. The number of nitrogens with two attached hydrogens (primary N) is 1. The van der Waals surface area contributed by atoms with Crippen LogP contribution in [0.1, 0.15) is 23.6 Å². The van der Waals surface area contributed by atoms with Crippen molar-refractivity contribution in [1.82, 2.24) is 0 Å². The van der Waals surface area contributed by atoms with Gasteiger partial charge < -0.3 is 5.73 Å². The Morgan fingerprint density at radius 1 is 1.24 bits per heavy atom. The van der Waals surface area contributed by atoms with E-state index in [0.717, 1.165) is 24.1 Å². The number of nitriles is 1. The molecule has 0 aromatic heterocycles. The highest BCUT2D eigenvalue weighted by Gasteiger charge is 2.12. The first-order valence-electron chi connectivity index (χ1n) is 6.38. The highest BCUT2D eigenvalue weighted by molar-refractivity contribution is 6.00.